The maximum Gasteiger partial charge on any atom is 0.125 e. The van der Waals surface area contributed by atoms with Gasteiger partial charge in [0.15, 0.2) is 0 Å². The van der Waals surface area contributed by atoms with E-state index < -0.39 is 0 Å². The van der Waals surface area contributed by atoms with E-state index in [1.807, 2.05) is 0 Å². The maximum absolute atomic E-state index is 13.0. The summed E-state index contributed by atoms with van der Waals surface area (Å²) in [6.07, 6.45) is 0.886. The predicted molar refractivity (Wildman–Crippen MR) is 53.7 cm³/mol. The topological polar surface area (TPSA) is 26.0 Å². The van der Waals surface area contributed by atoms with Crippen LogP contribution in [0, 0.1) is 5.82 Å². The monoisotopic (exact) mass is 217 g/mol. The number of nitrogens with two attached hydrogens (primary N) is 1. The summed E-state index contributed by atoms with van der Waals surface area (Å²) in [7, 11) is 0. The van der Waals surface area contributed by atoms with Crippen molar-refractivity contribution in [1.29, 1.82) is 0 Å². The first-order chi connectivity index (χ1) is 6.18. The van der Waals surface area contributed by atoms with Gasteiger partial charge in [0.1, 0.15) is 5.82 Å². The summed E-state index contributed by atoms with van der Waals surface area (Å²) in [6, 6.07) is 2.76. The zero-order valence-electron chi connectivity index (χ0n) is 6.89. The van der Waals surface area contributed by atoms with Crippen LogP contribution in [0.3, 0.4) is 0 Å². The molecule has 1 nitrogen and oxygen atoms in total. The lowest BCUT2D eigenvalue weighted by Gasteiger charge is -2.22. The van der Waals surface area contributed by atoms with E-state index in [4.69, 9.17) is 17.3 Å². The fourth-order valence-corrected chi connectivity index (χ4v) is 2.98. The summed E-state index contributed by atoms with van der Waals surface area (Å²) in [5, 5.41) is 0.482. The van der Waals surface area contributed by atoms with Gasteiger partial charge in [0.05, 0.1) is 5.02 Å². The third kappa shape index (κ3) is 1.68. The Morgan fingerprint density at radius 2 is 2.31 bits per heavy atom. The van der Waals surface area contributed by atoms with Crippen LogP contribution < -0.4 is 5.73 Å². The summed E-state index contributed by atoms with van der Waals surface area (Å²) in [4.78, 5) is 0.946. The van der Waals surface area contributed by atoms with Crippen LogP contribution in [0.5, 0.6) is 0 Å². The second kappa shape index (κ2) is 3.48. The minimum atomic E-state index is -0.304. The lowest BCUT2D eigenvalue weighted by molar-refractivity contribution is 0.610. The first kappa shape index (κ1) is 9.31. The van der Waals surface area contributed by atoms with Crippen molar-refractivity contribution in [3.63, 3.8) is 0 Å². The summed E-state index contributed by atoms with van der Waals surface area (Å²) >= 11 is 7.55. The van der Waals surface area contributed by atoms with Crippen LogP contribution in [0.1, 0.15) is 18.0 Å². The van der Waals surface area contributed by atoms with Crippen LogP contribution in [-0.2, 0) is 0 Å². The molecule has 2 N–H and O–H groups in total. The Morgan fingerprint density at radius 1 is 1.54 bits per heavy atom. The fourth-order valence-electron chi connectivity index (χ4n) is 1.45. The highest BCUT2D eigenvalue weighted by Gasteiger charge is 2.20. The number of hydrogen-bond donors (Lipinski definition) is 1. The van der Waals surface area contributed by atoms with Gasteiger partial charge in [-0.15, -0.1) is 11.8 Å². The summed E-state index contributed by atoms with van der Waals surface area (Å²) in [5.74, 6) is 0.654. The molecule has 1 aromatic carbocycles. The Morgan fingerprint density at radius 3 is 3.08 bits per heavy atom. The molecule has 1 heterocycles. The molecule has 1 aromatic rings. The maximum atomic E-state index is 13.0. The number of fused-ring (bicyclic) bond motifs is 1. The van der Waals surface area contributed by atoms with Gasteiger partial charge in [-0.05, 0) is 29.9 Å². The van der Waals surface area contributed by atoms with Crippen molar-refractivity contribution in [2.75, 3.05) is 5.75 Å². The Labute approximate surface area is 85.5 Å². The van der Waals surface area contributed by atoms with Crippen LogP contribution in [0.15, 0.2) is 17.0 Å². The van der Waals surface area contributed by atoms with E-state index >= 15 is 0 Å². The molecular weight excluding hydrogens is 209 g/mol. The average Bonchev–Trinajstić information content (AvgIpc) is 2.07. The van der Waals surface area contributed by atoms with Crippen LogP contribution >= 0.6 is 23.4 Å². The van der Waals surface area contributed by atoms with Crippen LogP contribution in [0.2, 0.25) is 5.02 Å². The van der Waals surface area contributed by atoms with E-state index in [9.17, 15) is 4.39 Å². The van der Waals surface area contributed by atoms with E-state index in [2.05, 4.69) is 0 Å². The lowest BCUT2D eigenvalue weighted by Crippen LogP contribution is -2.16. The molecule has 0 aromatic heterocycles. The van der Waals surface area contributed by atoms with Gasteiger partial charge in [-0.2, -0.15) is 0 Å². The molecule has 0 aliphatic carbocycles. The van der Waals surface area contributed by atoms with Crippen molar-refractivity contribution in [3.05, 3.63) is 28.5 Å². The number of hydrogen-bond acceptors (Lipinski definition) is 2. The predicted octanol–water partition coefficient (Wildman–Crippen LogP) is 2.97. The van der Waals surface area contributed by atoms with Crippen molar-refractivity contribution in [2.24, 2.45) is 5.73 Å². The Kier molecular flexibility index (Phi) is 2.49. The quantitative estimate of drug-likeness (QED) is 0.723. The van der Waals surface area contributed by atoms with E-state index in [-0.39, 0.29) is 11.9 Å². The molecule has 0 saturated heterocycles. The first-order valence-corrected chi connectivity index (χ1v) is 5.42. The van der Waals surface area contributed by atoms with Crippen LogP contribution in [0.25, 0.3) is 0 Å². The molecule has 0 amide bonds. The molecule has 0 radical (unpaired) electrons. The summed E-state index contributed by atoms with van der Waals surface area (Å²) < 4.78 is 13.0. The fraction of sp³-hybridized carbons (Fsp3) is 0.333. The van der Waals surface area contributed by atoms with Crippen molar-refractivity contribution in [2.45, 2.75) is 17.4 Å². The number of rotatable bonds is 0. The highest BCUT2D eigenvalue weighted by Crippen LogP contribution is 2.39. The van der Waals surface area contributed by atoms with Gasteiger partial charge in [-0.1, -0.05) is 11.6 Å². The van der Waals surface area contributed by atoms with E-state index in [0.717, 1.165) is 22.6 Å². The zero-order chi connectivity index (χ0) is 9.42. The lowest BCUT2D eigenvalue weighted by atomic mass is 10.0. The van der Waals surface area contributed by atoms with Crippen molar-refractivity contribution in [3.8, 4) is 0 Å². The molecule has 1 atom stereocenters. The Balaban J connectivity index is 2.56. The minimum absolute atomic E-state index is 0.0653. The molecule has 0 bridgehead atoms. The van der Waals surface area contributed by atoms with Crippen LogP contribution in [0.4, 0.5) is 4.39 Å². The van der Waals surface area contributed by atoms with Gasteiger partial charge >= 0.3 is 0 Å². The second-order valence-corrected chi connectivity index (χ2v) is 4.56. The molecule has 70 valence electrons. The van der Waals surface area contributed by atoms with E-state index in [0.29, 0.717) is 5.02 Å². The summed E-state index contributed by atoms with van der Waals surface area (Å²) in [6.45, 7) is 0. The Hall–Kier alpha value is -0.250. The molecule has 2 rings (SSSR count). The smallest absolute Gasteiger partial charge is 0.125 e. The van der Waals surface area contributed by atoms with Crippen molar-refractivity contribution in [1.82, 2.24) is 0 Å². The van der Waals surface area contributed by atoms with Crippen LogP contribution in [-0.4, -0.2) is 5.75 Å². The standard InChI is InChI=1S/C9H9ClFNS/c10-7-4-5(11)3-6-8(12)1-2-13-9(6)7/h3-4,8H,1-2,12H2/t8-/m0/s1. The van der Waals surface area contributed by atoms with Gasteiger partial charge in [0.2, 0.25) is 0 Å². The molecule has 4 heteroatoms. The molecule has 0 spiro atoms. The minimum Gasteiger partial charge on any atom is -0.324 e. The van der Waals surface area contributed by atoms with Gasteiger partial charge in [0, 0.05) is 10.9 Å². The molecule has 1 aliphatic rings. The Bertz CT molecular complexity index is 343. The average molecular weight is 218 g/mol. The van der Waals surface area contributed by atoms with Gasteiger partial charge in [-0.25, -0.2) is 4.39 Å². The van der Waals surface area contributed by atoms with Gasteiger partial charge < -0.3 is 5.73 Å². The molecular formula is C9H9ClFNS. The SMILES string of the molecule is N[C@H]1CCSc2c(Cl)cc(F)cc21. The van der Waals surface area contributed by atoms with Crippen molar-refractivity contribution >= 4 is 23.4 Å². The first-order valence-electron chi connectivity index (χ1n) is 4.06. The third-order valence-corrected chi connectivity index (χ3v) is 3.71. The normalized spacial score (nSPS) is 21.3. The number of benzene rings is 1. The molecule has 1 aliphatic heterocycles. The molecule has 13 heavy (non-hydrogen) atoms. The number of thioether (sulfide) groups is 1. The molecule has 0 saturated carbocycles. The third-order valence-electron chi connectivity index (χ3n) is 2.11. The summed E-state index contributed by atoms with van der Waals surface area (Å²) in [5.41, 5.74) is 6.69. The highest BCUT2D eigenvalue weighted by atomic mass is 35.5. The highest BCUT2D eigenvalue weighted by molar-refractivity contribution is 7.99. The van der Waals surface area contributed by atoms with Gasteiger partial charge in [0.25, 0.3) is 0 Å². The molecule has 0 unspecified atom stereocenters. The molecule has 0 fully saturated rings. The second-order valence-electron chi connectivity index (χ2n) is 3.05. The zero-order valence-corrected chi connectivity index (χ0v) is 8.46. The number of halogens is 2. The van der Waals surface area contributed by atoms with E-state index in [1.165, 1.54) is 12.1 Å². The van der Waals surface area contributed by atoms with Crippen molar-refractivity contribution < 1.29 is 4.39 Å². The largest absolute Gasteiger partial charge is 0.324 e. The van der Waals surface area contributed by atoms with E-state index in [1.54, 1.807) is 11.8 Å². The van der Waals surface area contributed by atoms with Gasteiger partial charge in [-0.3, -0.25) is 0 Å².